The van der Waals surface area contributed by atoms with Crippen molar-refractivity contribution in [1.29, 1.82) is 0 Å². The van der Waals surface area contributed by atoms with Crippen LogP contribution in [0.5, 0.6) is 0 Å². The van der Waals surface area contributed by atoms with Gasteiger partial charge in [0.25, 0.3) is 0 Å². The minimum atomic E-state index is 0. The van der Waals surface area contributed by atoms with Crippen molar-refractivity contribution in [2.75, 3.05) is 5.32 Å². The van der Waals surface area contributed by atoms with Gasteiger partial charge in [-0.3, -0.25) is 9.97 Å². The van der Waals surface area contributed by atoms with Gasteiger partial charge in [0.1, 0.15) is 0 Å². The van der Waals surface area contributed by atoms with E-state index in [1.165, 1.54) is 0 Å². The number of rotatable bonds is 2. The van der Waals surface area contributed by atoms with Gasteiger partial charge in [-0.05, 0) is 12.1 Å². The molecule has 2 aromatic rings. The van der Waals surface area contributed by atoms with Gasteiger partial charge >= 0.3 is 0 Å². The number of anilines is 2. The fourth-order valence-electron chi connectivity index (χ4n) is 1.12. The first-order valence-corrected chi connectivity index (χ1v) is 4.38. The van der Waals surface area contributed by atoms with Crippen LogP contribution in [0.4, 0.5) is 11.6 Å². The Labute approximate surface area is 114 Å². The summed E-state index contributed by atoms with van der Waals surface area (Å²) in [6.45, 7) is 1.89. The predicted molar refractivity (Wildman–Crippen MR) is 55.3 cm³/mol. The summed E-state index contributed by atoms with van der Waals surface area (Å²) in [5.41, 5.74) is 1.82. The summed E-state index contributed by atoms with van der Waals surface area (Å²) in [6, 6.07) is 12.7. The van der Waals surface area contributed by atoms with Crippen molar-refractivity contribution in [1.82, 2.24) is 9.97 Å². The molecule has 0 aliphatic heterocycles. The van der Waals surface area contributed by atoms with Crippen molar-refractivity contribution >= 4 is 11.6 Å². The molecule has 0 aliphatic rings. The SMILES string of the molecule is Cc1[c-]cnc(Nc2ccccc2)n1.[Y]. The number of benzene rings is 1. The van der Waals surface area contributed by atoms with E-state index < -0.39 is 0 Å². The zero-order valence-electron chi connectivity index (χ0n) is 8.44. The fourth-order valence-corrected chi connectivity index (χ4v) is 1.12. The summed E-state index contributed by atoms with van der Waals surface area (Å²) < 4.78 is 0. The van der Waals surface area contributed by atoms with Crippen molar-refractivity contribution in [3.63, 3.8) is 0 Å². The van der Waals surface area contributed by atoms with E-state index in [2.05, 4.69) is 21.4 Å². The molecule has 1 aromatic carbocycles. The van der Waals surface area contributed by atoms with Gasteiger partial charge in [-0.25, -0.2) is 0 Å². The van der Waals surface area contributed by atoms with Crippen LogP contribution in [0.2, 0.25) is 0 Å². The van der Waals surface area contributed by atoms with Gasteiger partial charge in [0.15, 0.2) is 0 Å². The molecule has 73 valence electrons. The fraction of sp³-hybridized carbons (Fsp3) is 0.0909. The second-order valence-electron chi connectivity index (χ2n) is 2.91. The maximum atomic E-state index is 4.19. The number of hydrogen-bond donors (Lipinski definition) is 1. The number of aromatic nitrogens is 2. The predicted octanol–water partition coefficient (Wildman–Crippen LogP) is 2.33. The molecule has 2 rings (SSSR count). The third kappa shape index (κ3) is 3.69. The number of nitrogens with one attached hydrogen (secondary N) is 1. The first-order valence-electron chi connectivity index (χ1n) is 4.38. The van der Waals surface area contributed by atoms with Gasteiger partial charge in [0.2, 0.25) is 5.95 Å². The van der Waals surface area contributed by atoms with E-state index in [4.69, 9.17) is 0 Å². The molecule has 0 fully saturated rings. The molecule has 3 nitrogen and oxygen atoms in total. The monoisotopic (exact) mass is 273 g/mol. The van der Waals surface area contributed by atoms with Gasteiger partial charge in [-0.1, -0.05) is 25.1 Å². The van der Waals surface area contributed by atoms with E-state index in [0.29, 0.717) is 5.95 Å². The number of para-hydroxylation sites is 1. The van der Waals surface area contributed by atoms with Gasteiger partial charge in [-0.2, -0.15) is 0 Å². The van der Waals surface area contributed by atoms with Gasteiger partial charge < -0.3 is 11.4 Å². The van der Waals surface area contributed by atoms with Crippen molar-refractivity contribution in [3.8, 4) is 0 Å². The summed E-state index contributed by atoms with van der Waals surface area (Å²) in [6.07, 6.45) is 1.62. The molecule has 0 spiro atoms. The van der Waals surface area contributed by atoms with E-state index in [1.807, 2.05) is 37.3 Å². The van der Waals surface area contributed by atoms with Crippen LogP contribution in [0, 0.1) is 13.0 Å². The Morgan fingerprint density at radius 3 is 2.60 bits per heavy atom. The molecule has 0 aliphatic carbocycles. The Hall–Kier alpha value is -0.796. The van der Waals surface area contributed by atoms with Crippen LogP contribution in [0.25, 0.3) is 0 Å². The molecule has 1 radical (unpaired) electrons. The number of aryl methyl sites for hydroxylation is 1. The Morgan fingerprint density at radius 2 is 1.93 bits per heavy atom. The van der Waals surface area contributed by atoms with Crippen LogP contribution in [-0.4, -0.2) is 9.97 Å². The molecule has 0 bridgehead atoms. The van der Waals surface area contributed by atoms with Crippen LogP contribution in [0.15, 0.2) is 36.5 Å². The zero-order valence-corrected chi connectivity index (χ0v) is 11.3. The molecule has 0 unspecified atom stereocenters. The normalized spacial score (nSPS) is 9.13. The summed E-state index contributed by atoms with van der Waals surface area (Å²) >= 11 is 0. The van der Waals surface area contributed by atoms with Crippen LogP contribution < -0.4 is 5.32 Å². The van der Waals surface area contributed by atoms with E-state index in [1.54, 1.807) is 6.20 Å². The second-order valence-corrected chi connectivity index (χ2v) is 2.91. The van der Waals surface area contributed by atoms with Crippen molar-refractivity contribution in [2.45, 2.75) is 6.92 Å². The first-order chi connectivity index (χ1) is 6.84. The molecule has 15 heavy (non-hydrogen) atoms. The quantitative estimate of drug-likeness (QED) is 0.853. The standard InChI is InChI=1S/C11H10N3.Y/c1-9-7-8-12-11(13-9)14-10-5-3-2-4-6-10;/h2-6,8H,1H3,(H,12,13,14);/q-1;. The van der Waals surface area contributed by atoms with Gasteiger partial charge in [0.05, 0.1) is 0 Å². The smallest absolute Gasteiger partial charge is 0.221 e. The van der Waals surface area contributed by atoms with Gasteiger partial charge in [0, 0.05) is 38.4 Å². The number of hydrogen-bond acceptors (Lipinski definition) is 3. The molecule has 4 heteroatoms. The second kappa shape index (κ2) is 5.93. The number of nitrogens with zero attached hydrogens (tertiary/aromatic N) is 2. The van der Waals surface area contributed by atoms with Crippen LogP contribution >= 0.6 is 0 Å². The molecule has 1 heterocycles. The van der Waals surface area contributed by atoms with Crippen molar-refractivity contribution < 1.29 is 32.7 Å². The molecular weight excluding hydrogens is 263 g/mol. The van der Waals surface area contributed by atoms with E-state index in [-0.39, 0.29) is 32.7 Å². The molecule has 0 atom stereocenters. The van der Waals surface area contributed by atoms with E-state index >= 15 is 0 Å². The Morgan fingerprint density at radius 1 is 1.20 bits per heavy atom. The topological polar surface area (TPSA) is 37.8 Å². The Kier molecular flexibility index (Phi) is 4.86. The molecule has 1 aromatic heterocycles. The minimum Gasteiger partial charge on any atom is -0.430 e. The summed E-state index contributed by atoms with van der Waals surface area (Å²) in [5.74, 6) is 0.604. The first kappa shape index (κ1) is 12.3. The van der Waals surface area contributed by atoms with Crippen LogP contribution in [-0.2, 0) is 32.7 Å². The molecule has 0 saturated carbocycles. The Balaban J connectivity index is 0.00000112. The van der Waals surface area contributed by atoms with Crippen LogP contribution in [0.1, 0.15) is 5.69 Å². The third-order valence-corrected chi connectivity index (χ3v) is 1.76. The maximum absolute atomic E-state index is 4.19. The summed E-state index contributed by atoms with van der Waals surface area (Å²) in [5, 5.41) is 3.10. The van der Waals surface area contributed by atoms with E-state index in [0.717, 1.165) is 11.4 Å². The zero-order chi connectivity index (χ0) is 9.80. The maximum Gasteiger partial charge on any atom is 0.221 e. The average Bonchev–Trinajstić information content (AvgIpc) is 2.19. The third-order valence-electron chi connectivity index (χ3n) is 1.76. The van der Waals surface area contributed by atoms with E-state index in [9.17, 15) is 0 Å². The van der Waals surface area contributed by atoms with Crippen molar-refractivity contribution in [3.05, 3.63) is 48.3 Å². The van der Waals surface area contributed by atoms with Crippen LogP contribution in [0.3, 0.4) is 0 Å². The molecule has 1 N–H and O–H groups in total. The molecule has 0 saturated heterocycles. The minimum absolute atomic E-state index is 0. The molecular formula is C11H10N3Y-. The van der Waals surface area contributed by atoms with Crippen molar-refractivity contribution in [2.24, 2.45) is 0 Å². The van der Waals surface area contributed by atoms with Gasteiger partial charge in [-0.15, -0.1) is 11.9 Å². The molecule has 0 amide bonds. The average molecular weight is 273 g/mol. The largest absolute Gasteiger partial charge is 0.430 e. The summed E-state index contributed by atoms with van der Waals surface area (Å²) in [4.78, 5) is 8.25. The summed E-state index contributed by atoms with van der Waals surface area (Å²) in [7, 11) is 0. The Bertz CT molecular complexity index is 417.